The van der Waals surface area contributed by atoms with Crippen molar-refractivity contribution in [2.45, 2.75) is 57.9 Å². The van der Waals surface area contributed by atoms with Crippen LogP contribution in [0.5, 0.6) is 0 Å². The molecule has 2 fully saturated rings. The molecule has 3 unspecified atom stereocenters. The maximum Gasteiger partial charge on any atom is 0.317 e. The van der Waals surface area contributed by atoms with Crippen molar-refractivity contribution in [2.24, 2.45) is 11.8 Å². The molecule has 20 heavy (non-hydrogen) atoms. The summed E-state index contributed by atoms with van der Waals surface area (Å²) in [7, 11) is 0. The molecular weight excluding hydrogens is 256 g/mol. The number of likely N-dealkylation sites (tertiary alicyclic amines) is 1. The van der Waals surface area contributed by atoms with Gasteiger partial charge >= 0.3 is 12.0 Å². The van der Waals surface area contributed by atoms with E-state index in [-0.39, 0.29) is 18.5 Å². The summed E-state index contributed by atoms with van der Waals surface area (Å²) < 4.78 is 0. The molecule has 2 aliphatic rings. The van der Waals surface area contributed by atoms with Crippen LogP contribution in [0.3, 0.4) is 0 Å². The van der Waals surface area contributed by atoms with Gasteiger partial charge in [-0.1, -0.05) is 26.2 Å². The quantitative estimate of drug-likeness (QED) is 0.832. The van der Waals surface area contributed by atoms with Gasteiger partial charge in [0.1, 0.15) is 0 Å². The number of carboxylic acids is 1. The van der Waals surface area contributed by atoms with Crippen LogP contribution in [0.15, 0.2) is 0 Å². The molecule has 3 atom stereocenters. The van der Waals surface area contributed by atoms with Crippen molar-refractivity contribution in [1.29, 1.82) is 0 Å². The first-order valence-electron chi connectivity index (χ1n) is 7.84. The molecule has 0 aromatic rings. The highest BCUT2D eigenvalue weighted by molar-refractivity contribution is 5.76. The minimum atomic E-state index is -0.824. The topological polar surface area (TPSA) is 69.6 Å². The van der Waals surface area contributed by atoms with E-state index in [1.165, 1.54) is 25.7 Å². The fraction of sp³-hybridized carbons (Fsp3) is 0.867. The molecule has 1 saturated carbocycles. The average Bonchev–Trinajstić information content (AvgIpc) is 2.85. The molecule has 114 valence electrons. The Morgan fingerprint density at radius 1 is 1.20 bits per heavy atom. The Hall–Kier alpha value is -1.26. The van der Waals surface area contributed by atoms with Crippen molar-refractivity contribution in [3.8, 4) is 0 Å². The molecule has 0 aromatic heterocycles. The van der Waals surface area contributed by atoms with Gasteiger partial charge in [0.05, 0.1) is 6.42 Å². The van der Waals surface area contributed by atoms with Crippen molar-refractivity contribution in [2.75, 3.05) is 13.1 Å². The highest BCUT2D eigenvalue weighted by atomic mass is 16.4. The minimum absolute atomic E-state index is 0.0627. The van der Waals surface area contributed by atoms with Gasteiger partial charge in [0.15, 0.2) is 0 Å². The molecule has 2 N–H and O–H groups in total. The number of carbonyl (C=O) groups is 2. The summed E-state index contributed by atoms with van der Waals surface area (Å²) in [5, 5.41) is 11.9. The highest BCUT2D eigenvalue weighted by Crippen LogP contribution is 2.29. The number of nitrogens with one attached hydrogen (secondary N) is 1. The van der Waals surface area contributed by atoms with E-state index >= 15 is 0 Å². The Labute approximate surface area is 120 Å². The van der Waals surface area contributed by atoms with E-state index in [1.807, 2.05) is 0 Å². The van der Waals surface area contributed by atoms with Gasteiger partial charge in [0.25, 0.3) is 0 Å². The molecule has 5 heteroatoms. The fourth-order valence-electron chi connectivity index (χ4n) is 3.53. The maximum atomic E-state index is 12.2. The van der Waals surface area contributed by atoms with Crippen LogP contribution >= 0.6 is 0 Å². The van der Waals surface area contributed by atoms with Crippen LogP contribution < -0.4 is 5.32 Å². The van der Waals surface area contributed by atoms with Gasteiger partial charge in [-0.15, -0.1) is 0 Å². The molecule has 1 heterocycles. The SMILES string of the molecule is CC1CCCCC1CNC(=O)N1CCCC1CC(=O)O. The van der Waals surface area contributed by atoms with E-state index in [4.69, 9.17) is 5.11 Å². The van der Waals surface area contributed by atoms with Crippen molar-refractivity contribution in [1.82, 2.24) is 10.2 Å². The first-order chi connectivity index (χ1) is 9.58. The maximum absolute atomic E-state index is 12.2. The normalized spacial score (nSPS) is 30.2. The Morgan fingerprint density at radius 3 is 2.65 bits per heavy atom. The van der Waals surface area contributed by atoms with Crippen LogP contribution in [0.2, 0.25) is 0 Å². The zero-order chi connectivity index (χ0) is 14.5. The van der Waals surface area contributed by atoms with E-state index in [0.717, 1.165) is 19.4 Å². The molecule has 0 aromatic carbocycles. The predicted octanol–water partition coefficient (Wildman–Crippen LogP) is 2.46. The lowest BCUT2D eigenvalue weighted by Gasteiger charge is -2.30. The Kier molecular flexibility index (Phi) is 5.26. The van der Waals surface area contributed by atoms with Crippen LogP contribution in [-0.4, -0.2) is 41.1 Å². The fourth-order valence-corrected chi connectivity index (χ4v) is 3.53. The standard InChI is InChI=1S/C15H26N2O3/c1-11-5-2-3-6-12(11)10-16-15(20)17-8-4-7-13(17)9-14(18)19/h11-13H,2-10H2,1H3,(H,16,20)(H,18,19). The number of rotatable bonds is 4. The Bertz CT molecular complexity index is 359. The highest BCUT2D eigenvalue weighted by Gasteiger charge is 2.31. The molecule has 0 bridgehead atoms. The molecule has 2 amide bonds. The average molecular weight is 282 g/mol. The van der Waals surface area contributed by atoms with Gasteiger partial charge in [-0.3, -0.25) is 4.79 Å². The van der Waals surface area contributed by atoms with Gasteiger partial charge in [0.2, 0.25) is 0 Å². The minimum Gasteiger partial charge on any atom is -0.481 e. The van der Waals surface area contributed by atoms with Crippen LogP contribution in [0.25, 0.3) is 0 Å². The second-order valence-corrected chi connectivity index (χ2v) is 6.30. The van der Waals surface area contributed by atoms with E-state index in [2.05, 4.69) is 12.2 Å². The predicted molar refractivity (Wildman–Crippen MR) is 76.5 cm³/mol. The van der Waals surface area contributed by atoms with Crippen LogP contribution in [0.1, 0.15) is 51.9 Å². The summed E-state index contributed by atoms with van der Waals surface area (Å²) in [6.07, 6.45) is 6.79. The third-order valence-electron chi connectivity index (χ3n) is 4.85. The van der Waals surface area contributed by atoms with Crippen LogP contribution in [-0.2, 0) is 4.79 Å². The number of hydrogen-bond donors (Lipinski definition) is 2. The smallest absolute Gasteiger partial charge is 0.317 e. The summed E-state index contributed by atoms with van der Waals surface area (Å²) in [5.41, 5.74) is 0. The summed E-state index contributed by atoms with van der Waals surface area (Å²) in [4.78, 5) is 24.7. The third kappa shape index (κ3) is 3.87. The number of carbonyl (C=O) groups excluding carboxylic acids is 1. The lowest BCUT2D eigenvalue weighted by molar-refractivity contribution is -0.137. The van der Waals surface area contributed by atoms with Crippen molar-refractivity contribution in [3.63, 3.8) is 0 Å². The molecule has 1 aliphatic carbocycles. The van der Waals surface area contributed by atoms with Crippen molar-refractivity contribution >= 4 is 12.0 Å². The van der Waals surface area contributed by atoms with E-state index in [0.29, 0.717) is 18.4 Å². The second kappa shape index (κ2) is 6.95. The zero-order valence-corrected chi connectivity index (χ0v) is 12.3. The van der Waals surface area contributed by atoms with E-state index in [1.54, 1.807) is 4.90 Å². The van der Waals surface area contributed by atoms with Gasteiger partial charge in [-0.25, -0.2) is 4.79 Å². The number of amides is 2. The molecule has 2 rings (SSSR count). The lowest BCUT2D eigenvalue weighted by Crippen LogP contribution is -2.45. The molecule has 0 spiro atoms. The van der Waals surface area contributed by atoms with E-state index in [9.17, 15) is 9.59 Å². The first kappa shape index (κ1) is 15.1. The zero-order valence-electron chi connectivity index (χ0n) is 12.3. The first-order valence-corrected chi connectivity index (χ1v) is 7.84. The van der Waals surface area contributed by atoms with Crippen molar-refractivity contribution in [3.05, 3.63) is 0 Å². The second-order valence-electron chi connectivity index (χ2n) is 6.30. The summed E-state index contributed by atoms with van der Waals surface area (Å²) in [5.74, 6) is 0.432. The summed E-state index contributed by atoms with van der Waals surface area (Å²) in [6.45, 7) is 3.68. The largest absolute Gasteiger partial charge is 0.481 e. The molecule has 1 saturated heterocycles. The Morgan fingerprint density at radius 2 is 1.95 bits per heavy atom. The number of urea groups is 1. The van der Waals surface area contributed by atoms with Crippen molar-refractivity contribution < 1.29 is 14.7 Å². The van der Waals surface area contributed by atoms with Gasteiger partial charge in [-0.2, -0.15) is 0 Å². The lowest BCUT2D eigenvalue weighted by atomic mass is 9.80. The molecule has 5 nitrogen and oxygen atoms in total. The molecule has 1 aliphatic heterocycles. The number of aliphatic carboxylic acids is 1. The van der Waals surface area contributed by atoms with Gasteiger partial charge in [-0.05, 0) is 31.1 Å². The number of nitrogens with zero attached hydrogens (tertiary/aromatic N) is 1. The number of hydrogen-bond acceptors (Lipinski definition) is 2. The number of carboxylic acid groups (broad SMARTS) is 1. The summed E-state index contributed by atoms with van der Waals surface area (Å²) >= 11 is 0. The van der Waals surface area contributed by atoms with Gasteiger partial charge in [0, 0.05) is 19.1 Å². The van der Waals surface area contributed by atoms with Gasteiger partial charge < -0.3 is 15.3 Å². The molecule has 0 radical (unpaired) electrons. The van der Waals surface area contributed by atoms with Crippen LogP contribution in [0.4, 0.5) is 4.79 Å². The Balaban J connectivity index is 1.80. The monoisotopic (exact) mass is 282 g/mol. The molecular formula is C15H26N2O3. The summed E-state index contributed by atoms with van der Waals surface area (Å²) in [6, 6.07) is -0.206. The van der Waals surface area contributed by atoms with Crippen LogP contribution in [0, 0.1) is 11.8 Å². The van der Waals surface area contributed by atoms with E-state index < -0.39 is 5.97 Å². The third-order valence-corrected chi connectivity index (χ3v) is 4.85.